The Labute approximate surface area is 339 Å². The van der Waals surface area contributed by atoms with Gasteiger partial charge in [0.05, 0.1) is 0 Å². The highest BCUT2D eigenvalue weighted by Crippen LogP contribution is 2.47. The summed E-state index contributed by atoms with van der Waals surface area (Å²) < 4.78 is 8.29. The third-order valence-corrected chi connectivity index (χ3v) is 18.0. The smallest absolute Gasteiger partial charge is 0.136 e. The molecule has 0 nitrogen and oxygen atoms in total. The number of rotatable bonds is 2. The van der Waals surface area contributed by atoms with Crippen molar-refractivity contribution in [3.8, 4) is 0 Å². The van der Waals surface area contributed by atoms with Gasteiger partial charge < -0.3 is 0 Å². The Morgan fingerprint density at radius 3 is 1.33 bits per heavy atom. The van der Waals surface area contributed by atoms with E-state index in [1.807, 2.05) is 57.5 Å². The lowest BCUT2D eigenvalue weighted by atomic mass is 9.33. The van der Waals surface area contributed by atoms with Crippen molar-refractivity contribution < 1.29 is 0 Å². The number of fused-ring (bicyclic) bond motifs is 16. The van der Waals surface area contributed by atoms with E-state index in [1.54, 1.807) is 0 Å². The Morgan fingerprint density at radius 1 is 0.309 bits per heavy atom. The third-order valence-electron chi connectivity index (χ3n) is 11.8. The van der Waals surface area contributed by atoms with Crippen molar-refractivity contribution in [3.05, 3.63) is 158 Å². The number of hydrogen-bond donors (Lipinski definition) is 0. The second-order valence-electron chi connectivity index (χ2n) is 14.6. The van der Waals surface area contributed by atoms with Gasteiger partial charge in [-0.3, -0.25) is 0 Å². The van der Waals surface area contributed by atoms with Gasteiger partial charge in [0, 0.05) is 58.6 Å². The first-order valence-corrected chi connectivity index (χ1v) is 22.7. The van der Waals surface area contributed by atoms with Crippen LogP contribution in [0.4, 0.5) is 0 Å². The van der Waals surface area contributed by atoms with Crippen molar-refractivity contribution in [1.29, 1.82) is 0 Å². The molecule has 0 atom stereocenters. The summed E-state index contributed by atoms with van der Waals surface area (Å²) in [5.74, 6) is 0. The van der Waals surface area contributed by atoms with Crippen LogP contribution in [0.15, 0.2) is 177 Å². The maximum absolute atomic E-state index is 2.43. The predicted octanol–water partition coefficient (Wildman–Crippen LogP) is 10.8. The van der Waals surface area contributed by atoms with Gasteiger partial charge in [0.1, 0.15) is 0 Å². The summed E-state index contributed by atoms with van der Waals surface area (Å²) in [6, 6.07) is 59.7. The van der Waals surface area contributed by atoms with E-state index in [2.05, 4.69) is 158 Å². The molecule has 3 aromatic heterocycles. The van der Waals surface area contributed by atoms with E-state index in [1.165, 1.54) is 113 Å². The van der Waals surface area contributed by atoms with Crippen molar-refractivity contribution in [2.75, 3.05) is 0 Å². The molecule has 0 fully saturated rings. The summed E-state index contributed by atoms with van der Waals surface area (Å²) >= 11 is 9.91. The van der Waals surface area contributed by atoms with E-state index >= 15 is 0 Å². The average molecular weight is 785 g/mol. The molecule has 5 heterocycles. The summed E-state index contributed by atoms with van der Waals surface area (Å²) in [6.45, 7) is 0.170. The molecule has 55 heavy (non-hydrogen) atoms. The van der Waals surface area contributed by atoms with Crippen LogP contribution in [-0.2, 0) is 0 Å². The molecular formula is C48H26B2S5. The van der Waals surface area contributed by atoms with Gasteiger partial charge in [-0.25, -0.2) is 0 Å². The predicted molar refractivity (Wildman–Crippen MR) is 248 cm³/mol. The molecule has 13 rings (SSSR count). The number of hydrogen-bond acceptors (Lipinski definition) is 5. The van der Waals surface area contributed by atoms with Crippen LogP contribution < -0.4 is 32.8 Å². The summed E-state index contributed by atoms with van der Waals surface area (Å²) in [7, 11) is 0. The fourth-order valence-electron chi connectivity index (χ4n) is 9.50. The monoisotopic (exact) mass is 784 g/mol. The molecule has 11 aromatic rings. The first-order valence-electron chi connectivity index (χ1n) is 18.6. The first-order chi connectivity index (χ1) is 27.3. The maximum atomic E-state index is 2.43. The molecule has 0 aliphatic carbocycles. The largest absolute Gasteiger partial charge is 0.247 e. The van der Waals surface area contributed by atoms with Gasteiger partial charge >= 0.3 is 0 Å². The average Bonchev–Trinajstić information content (AvgIpc) is 3.94. The van der Waals surface area contributed by atoms with Crippen LogP contribution in [0.3, 0.4) is 0 Å². The zero-order valence-electron chi connectivity index (χ0n) is 29.2. The van der Waals surface area contributed by atoms with Gasteiger partial charge in [0.2, 0.25) is 13.4 Å². The van der Waals surface area contributed by atoms with Crippen molar-refractivity contribution in [3.63, 3.8) is 0 Å². The van der Waals surface area contributed by atoms with Gasteiger partial charge in [-0.1, -0.05) is 173 Å². The SMILES string of the molecule is c1ccc2c(c1)Sc1c(c3c(c4c1sc1ccccc14)B(c1cccc4c1sc1ccccc14)c1ccccc1S3)B2c1cccc2c1sc1ccccc12. The quantitative estimate of drug-likeness (QED) is 0.160. The van der Waals surface area contributed by atoms with Crippen LogP contribution in [0.25, 0.3) is 60.5 Å². The summed E-state index contributed by atoms with van der Waals surface area (Å²) in [6.07, 6.45) is 0. The Kier molecular flexibility index (Phi) is 6.79. The second kappa shape index (κ2) is 11.9. The van der Waals surface area contributed by atoms with Crippen LogP contribution in [0, 0.1) is 0 Å². The van der Waals surface area contributed by atoms with Crippen molar-refractivity contribution >= 4 is 164 Å². The Bertz CT molecular complexity index is 3430. The zero-order chi connectivity index (χ0) is 35.8. The topological polar surface area (TPSA) is 0 Å². The maximum Gasteiger partial charge on any atom is 0.247 e. The van der Waals surface area contributed by atoms with E-state index < -0.39 is 0 Å². The molecule has 7 heteroatoms. The van der Waals surface area contributed by atoms with E-state index in [-0.39, 0.29) is 13.4 Å². The molecule has 254 valence electrons. The van der Waals surface area contributed by atoms with Crippen LogP contribution in [0.1, 0.15) is 0 Å². The second-order valence-corrected chi connectivity index (χ2v) is 19.8. The molecule has 2 aliphatic heterocycles. The normalized spacial score (nSPS) is 13.6. The minimum Gasteiger partial charge on any atom is -0.136 e. The van der Waals surface area contributed by atoms with Crippen LogP contribution in [0.2, 0.25) is 0 Å². The molecule has 2 aliphatic rings. The molecule has 0 amide bonds. The number of thiophene rings is 3. The lowest BCUT2D eigenvalue weighted by molar-refractivity contribution is 1.41. The van der Waals surface area contributed by atoms with Crippen molar-refractivity contribution in [1.82, 2.24) is 0 Å². The Morgan fingerprint density at radius 2 is 0.727 bits per heavy atom. The molecule has 0 spiro atoms. The molecule has 0 saturated carbocycles. The van der Waals surface area contributed by atoms with E-state index in [0.717, 1.165) is 0 Å². The van der Waals surface area contributed by atoms with Gasteiger partial charge in [-0.2, -0.15) is 0 Å². The first kappa shape index (κ1) is 31.5. The van der Waals surface area contributed by atoms with Crippen molar-refractivity contribution in [2.45, 2.75) is 19.6 Å². The van der Waals surface area contributed by atoms with E-state index in [0.29, 0.717) is 0 Å². The van der Waals surface area contributed by atoms with E-state index in [9.17, 15) is 0 Å². The van der Waals surface area contributed by atoms with Crippen LogP contribution in [0.5, 0.6) is 0 Å². The Balaban J connectivity index is 1.21. The van der Waals surface area contributed by atoms with Crippen LogP contribution >= 0.6 is 57.5 Å². The van der Waals surface area contributed by atoms with Gasteiger partial charge in [-0.05, 0) is 62.8 Å². The molecule has 0 N–H and O–H groups in total. The molecule has 0 saturated heterocycles. The summed E-state index contributed by atoms with van der Waals surface area (Å²) in [5, 5.41) is 8.23. The minimum atomic E-state index is 0.0814. The molecule has 8 aromatic carbocycles. The minimum absolute atomic E-state index is 0.0814. The molecular weight excluding hydrogens is 758 g/mol. The van der Waals surface area contributed by atoms with Gasteiger partial charge in [0.25, 0.3) is 0 Å². The lowest BCUT2D eigenvalue weighted by Crippen LogP contribution is -2.61. The third kappa shape index (κ3) is 4.39. The molecule has 0 unspecified atom stereocenters. The van der Waals surface area contributed by atoms with Gasteiger partial charge in [0.15, 0.2) is 0 Å². The number of benzene rings is 8. The fraction of sp³-hybridized carbons (Fsp3) is 0. The summed E-state index contributed by atoms with van der Waals surface area (Å²) in [4.78, 5) is 5.60. The highest BCUT2D eigenvalue weighted by Gasteiger charge is 2.43. The van der Waals surface area contributed by atoms with Crippen LogP contribution in [-0.4, -0.2) is 13.4 Å². The zero-order valence-corrected chi connectivity index (χ0v) is 33.3. The fourth-order valence-corrected chi connectivity index (χ4v) is 16.0. The van der Waals surface area contributed by atoms with Crippen molar-refractivity contribution in [2.24, 2.45) is 0 Å². The Hall–Kier alpha value is -4.75. The standard InChI is InChI=1S/C48H26B2S5/c1-6-22-36-27(13-1)29-16-11-20-34(44(29)51-36)49-32-18-4-9-25-39(32)54-47-42(49)41-31-15-3-8-24-38(31)53-46(41)48-43(47)50(33-19-5-10-26-40(33)55-48)35-21-12-17-30-28-14-2-7-23-37(28)52-45(30)35/h1-26H. The van der Waals surface area contributed by atoms with Gasteiger partial charge in [-0.15, -0.1) is 34.0 Å². The molecule has 0 radical (unpaired) electrons. The highest BCUT2D eigenvalue weighted by molar-refractivity contribution is 8.01. The molecule has 0 bridgehead atoms. The van der Waals surface area contributed by atoms with E-state index in [4.69, 9.17) is 0 Å². The highest BCUT2D eigenvalue weighted by atomic mass is 32.2. The lowest BCUT2D eigenvalue weighted by Gasteiger charge is -2.35. The summed E-state index contributed by atoms with van der Waals surface area (Å²) in [5.41, 5.74) is 8.61.